The van der Waals surface area contributed by atoms with Crippen molar-refractivity contribution in [2.45, 2.75) is 32.1 Å². The van der Waals surface area contributed by atoms with Crippen LogP contribution in [0, 0.1) is 0 Å². The molecule has 2 heterocycles. The van der Waals surface area contributed by atoms with Gasteiger partial charge in [-0.2, -0.15) is 22.0 Å². The van der Waals surface area contributed by atoms with Gasteiger partial charge in [0.05, 0.1) is 5.56 Å². The third-order valence-corrected chi connectivity index (χ3v) is 5.02. The van der Waals surface area contributed by atoms with Crippen molar-refractivity contribution in [1.29, 1.82) is 0 Å². The first-order valence-electron chi connectivity index (χ1n) is 9.82. The van der Waals surface area contributed by atoms with Crippen LogP contribution >= 0.6 is 0 Å². The molecule has 0 atom stereocenters. The summed E-state index contributed by atoms with van der Waals surface area (Å²) >= 11 is 0. The molecular formula is C21H22F5N3O2. The molecule has 3 rings (SSSR count). The first kappa shape index (κ1) is 22.8. The quantitative estimate of drug-likeness (QED) is 0.622. The topological polar surface area (TPSA) is 45.7 Å². The van der Waals surface area contributed by atoms with Crippen molar-refractivity contribution in [3.05, 3.63) is 53.7 Å². The van der Waals surface area contributed by atoms with Gasteiger partial charge < -0.3 is 14.5 Å². The fourth-order valence-corrected chi connectivity index (χ4v) is 3.38. The third-order valence-electron chi connectivity index (χ3n) is 5.02. The molecule has 1 aliphatic heterocycles. The monoisotopic (exact) mass is 443 g/mol. The van der Waals surface area contributed by atoms with Crippen molar-refractivity contribution < 1.29 is 31.5 Å². The normalized spacial score (nSPS) is 15.2. The van der Waals surface area contributed by atoms with Gasteiger partial charge in [0.25, 0.3) is 0 Å². The smallest absolute Gasteiger partial charge is 0.417 e. The molecule has 0 aliphatic carbocycles. The molecule has 2 aromatic rings. The van der Waals surface area contributed by atoms with Gasteiger partial charge in [0.15, 0.2) is 0 Å². The number of halogens is 5. The van der Waals surface area contributed by atoms with E-state index in [1.54, 1.807) is 17.0 Å². The van der Waals surface area contributed by atoms with E-state index < -0.39 is 18.4 Å². The third kappa shape index (κ3) is 6.53. The molecule has 1 aromatic heterocycles. The second kappa shape index (κ2) is 9.93. The largest absolute Gasteiger partial charge is 0.435 e. The summed E-state index contributed by atoms with van der Waals surface area (Å²) in [5, 5.41) is 0. The second-order valence-corrected chi connectivity index (χ2v) is 7.15. The van der Waals surface area contributed by atoms with E-state index in [2.05, 4.69) is 9.72 Å². The molecule has 0 N–H and O–H groups in total. The molecule has 0 bridgehead atoms. The molecule has 0 unspecified atom stereocenters. The molecule has 1 aromatic carbocycles. The predicted octanol–water partition coefficient (Wildman–Crippen LogP) is 4.37. The Labute approximate surface area is 176 Å². The molecule has 0 saturated carbocycles. The number of ether oxygens (including phenoxy) is 1. The Morgan fingerprint density at radius 3 is 2.39 bits per heavy atom. The van der Waals surface area contributed by atoms with Crippen LogP contribution in [0.4, 0.5) is 27.8 Å². The highest BCUT2D eigenvalue weighted by atomic mass is 19.4. The summed E-state index contributed by atoms with van der Waals surface area (Å²) in [6.07, 6.45) is -2.19. The Hall–Kier alpha value is -2.91. The Morgan fingerprint density at radius 2 is 1.77 bits per heavy atom. The maximum atomic E-state index is 12.7. The van der Waals surface area contributed by atoms with E-state index in [1.165, 1.54) is 18.2 Å². The number of carbonyl (C=O) groups excluding carboxylic acids is 1. The van der Waals surface area contributed by atoms with Crippen LogP contribution in [0.5, 0.6) is 5.75 Å². The average molecular weight is 443 g/mol. The highest BCUT2D eigenvalue weighted by molar-refractivity contribution is 5.76. The summed E-state index contributed by atoms with van der Waals surface area (Å²) in [5.41, 5.74) is 0.0389. The van der Waals surface area contributed by atoms with Gasteiger partial charge in [0.1, 0.15) is 11.6 Å². The van der Waals surface area contributed by atoms with E-state index in [0.717, 1.165) is 17.8 Å². The lowest BCUT2D eigenvalue weighted by molar-refractivity contribution is -0.137. The summed E-state index contributed by atoms with van der Waals surface area (Å²) in [6.45, 7) is -0.815. The fraction of sp³-hybridized carbons (Fsp3) is 0.429. The summed E-state index contributed by atoms with van der Waals surface area (Å²) < 4.78 is 66.8. The van der Waals surface area contributed by atoms with Gasteiger partial charge in [-0.3, -0.25) is 4.79 Å². The molecule has 1 fully saturated rings. The molecule has 10 heteroatoms. The Morgan fingerprint density at radius 1 is 1.03 bits per heavy atom. The minimum absolute atomic E-state index is 0.0323. The number of carbonyl (C=O) groups is 1. The number of aryl methyl sites for hydroxylation is 1. The first-order valence-corrected chi connectivity index (χ1v) is 9.82. The number of pyridine rings is 1. The Bertz CT molecular complexity index is 857. The molecule has 168 valence electrons. The zero-order valence-electron chi connectivity index (χ0n) is 16.6. The highest BCUT2D eigenvalue weighted by Crippen LogP contribution is 2.29. The average Bonchev–Trinajstić information content (AvgIpc) is 2.98. The first-order chi connectivity index (χ1) is 14.7. The van der Waals surface area contributed by atoms with Gasteiger partial charge in [-0.15, -0.1) is 0 Å². The minimum atomic E-state index is -4.43. The second-order valence-electron chi connectivity index (χ2n) is 7.15. The molecule has 0 radical (unpaired) electrons. The summed E-state index contributed by atoms with van der Waals surface area (Å²) in [7, 11) is 0. The van der Waals surface area contributed by atoms with Crippen molar-refractivity contribution >= 4 is 11.7 Å². The van der Waals surface area contributed by atoms with Gasteiger partial charge in [-0.25, -0.2) is 4.98 Å². The maximum absolute atomic E-state index is 12.7. The van der Waals surface area contributed by atoms with E-state index in [4.69, 9.17) is 0 Å². The number of alkyl halides is 5. The SMILES string of the molecule is O=C(CCc1ccc(OC(F)F)cc1)N1CCCN(c2ccc(C(F)(F)F)cn2)CC1. The van der Waals surface area contributed by atoms with Crippen LogP contribution in [0.25, 0.3) is 0 Å². The van der Waals surface area contributed by atoms with Crippen LogP contribution in [-0.2, 0) is 17.4 Å². The summed E-state index contributed by atoms with van der Waals surface area (Å²) in [6, 6.07) is 8.52. The lowest BCUT2D eigenvalue weighted by Crippen LogP contribution is -2.35. The van der Waals surface area contributed by atoms with Crippen molar-refractivity contribution in [3.63, 3.8) is 0 Å². The molecule has 1 aliphatic rings. The molecule has 31 heavy (non-hydrogen) atoms. The lowest BCUT2D eigenvalue weighted by atomic mass is 10.1. The number of amides is 1. The number of hydrogen-bond donors (Lipinski definition) is 0. The summed E-state index contributed by atoms with van der Waals surface area (Å²) in [5.74, 6) is 0.484. The van der Waals surface area contributed by atoms with Crippen molar-refractivity contribution in [3.8, 4) is 5.75 Å². The number of rotatable bonds is 6. The van der Waals surface area contributed by atoms with E-state index in [-0.39, 0.29) is 18.1 Å². The molecule has 5 nitrogen and oxygen atoms in total. The zero-order valence-corrected chi connectivity index (χ0v) is 16.6. The maximum Gasteiger partial charge on any atom is 0.417 e. The zero-order chi connectivity index (χ0) is 22.4. The minimum Gasteiger partial charge on any atom is -0.435 e. The van der Waals surface area contributed by atoms with Gasteiger partial charge >= 0.3 is 12.8 Å². The highest BCUT2D eigenvalue weighted by Gasteiger charge is 2.31. The number of nitrogens with zero attached hydrogens (tertiary/aromatic N) is 3. The molecule has 1 amide bonds. The van der Waals surface area contributed by atoms with Crippen LogP contribution in [0.15, 0.2) is 42.6 Å². The van der Waals surface area contributed by atoms with Crippen LogP contribution in [0.3, 0.4) is 0 Å². The number of anilines is 1. The van der Waals surface area contributed by atoms with Crippen LogP contribution in [0.2, 0.25) is 0 Å². The van der Waals surface area contributed by atoms with Crippen molar-refractivity contribution in [2.24, 2.45) is 0 Å². The predicted molar refractivity (Wildman–Crippen MR) is 104 cm³/mol. The molecule has 0 spiro atoms. The van der Waals surface area contributed by atoms with Gasteiger partial charge in [0, 0.05) is 38.8 Å². The van der Waals surface area contributed by atoms with E-state index in [9.17, 15) is 26.7 Å². The molecule has 1 saturated heterocycles. The van der Waals surface area contributed by atoms with Gasteiger partial charge in [0.2, 0.25) is 5.91 Å². The standard InChI is InChI=1S/C21H22F5N3O2/c22-20(23)31-17-6-2-15(3-7-17)4-9-19(30)29-11-1-10-28(12-13-29)18-8-5-16(14-27-18)21(24,25)26/h2-3,5-8,14,20H,1,4,9-13H2. The van der Waals surface area contributed by atoms with Crippen LogP contribution in [0.1, 0.15) is 24.0 Å². The Balaban J connectivity index is 1.50. The number of aromatic nitrogens is 1. The number of hydrogen-bond acceptors (Lipinski definition) is 4. The fourth-order valence-electron chi connectivity index (χ4n) is 3.38. The number of benzene rings is 1. The molecular weight excluding hydrogens is 421 g/mol. The van der Waals surface area contributed by atoms with Crippen molar-refractivity contribution in [1.82, 2.24) is 9.88 Å². The van der Waals surface area contributed by atoms with Crippen LogP contribution in [-0.4, -0.2) is 48.6 Å². The lowest BCUT2D eigenvalue weighted by Gasteiger charge is -2.23. The van der Waals surface area contributed by atoms with Crippen LogP contribution < -0.4 is 9.64 Å². The van der Waals surface area contributed by atoms with E-state index >= 15 is 0 Å². The Kier molecular flexibility index (Phi) is 7.29. The van der Waals surface area contributed by atoms with E-state index in [0.29, 0.717) is 44.8 Å². The van der Waals surface area contributed by atoms with Crippen molar-refractivity contribution in [2.75, 3.05) is 31.1 Å². The summed E-state index contributed by atoms with van der Waals surface area (Å²) in [4.78, 5) is 20.1. The van der Waals surface area contributed by atoms with Gasteiger partial charge in [-0.05, 0) is 42.7 Å². The van der Waals surface area contributed by atoms with E-state index in [1.807, 2.05) is 4.90 Å². The van der Waals surface area contributed by atoms with Gasteiger partial charge in [-0.1, -0.05) is 12.1 Å².